The highest BCUT2D eigenvalue weighted by Gasteiger charge is 2.25. The number of anilines is 1. The number of fused-ring (bicyclic) bond motifs is 1. The first-order chi connectivity index (χ1) is 6.08. The molecule has 1 heterocycles. The van der Waals surface area contributed by atoms with Crippen molar-refractivity contribution in [3.05, 3.63) is 23.8 Å². The van der Waals surface area contributed by atoms with Crippen LogP contribution in [0.2, 0.25) is 0 Å². The average molecular weight is 193 g/mol. The van der Waals surface area contributed by atoms with Gasteiger partial charge in [-0.15, -0.1) is 11.8 Å². The maximum atomic E-state index is 3.58. The van der Waals surface area contributed by atoms with Gasteiger partial charge in [0.05, 0.1) is 5.69 Å². The van der Waals surface area contributed by atoms with Gasteiger partial charge in [-0.3, -0.25) is 0 Å². The molecule has 0 saturated heterocycles. The van der Waals surface area contributed by atoms with E-state index in [0.717, 1.165) is 5.75 Å². The van der Waals surface area contributed by atoms with Crippen LogP contribution >= 0.6 is 11.8 Å². The van der Waals surface area contributed by atoms with Crippen LogP contribution in [0, 0.1) is 6.92 Å². The van der Waals surface area contributed by atoms with E-state index in [1.807, 2.05) is 11.8 Å². The van der Waals surface area contributed by atoms with Crippen LogP contribution < -0.4 is 5.32 Å². The quantitative estimate of drug-likeness (QED) is 0.678. The summed E-state index contributed by atoms with van der Waals surface area (Å²) in [6, 6.07) is 6.48. The van der Waals surface area contributed by atoms with Crippen LogP contribution in [0.15, 0.2) is 23.1 Å². The Labute approximate surface area is 83.9 Å². The molecule has 1 aliphatic heterocycles. The normalized spacial score (nSPS) is 19.0. The van der Waals surface area contributed by atoms with E-state index < -0.39 is 0 Å². The smallest absolute Gasteiger partial charge is 0.0512 e. The van der Waals surface area contributed by atoms with Gasteiger partial charge in [0.2, 0.25) is 0 Å². The molecule has 0 aliphatic carbocycles. The molecule has 1 aromatic carbocycles. The predicted molar refractivity (Wildman–Crippen MR) is 59.6 cm³/mol. The Morgan fingerprint density at radius 3 is 2.92 bits per heavy atom. The summed E-state index contributed by atoms with van der Waals surface area (Å²) < 4.78 is 0. The molecule has 0 atom stereocenters. The molecule has 0 bridgehead atoms. The van der Waals surface area contributed by atoms with Crippen molar-refractivity contribution in [1.29, 1.82) is 0 Å². The lowest BCUT2D eigenvalue weighted by atomic mass is 10.1. The summed E-state index contributed by atoms with van der Waals surface area (Å²) >= 11 is 1.95. The van der Waals surface area contributed by atoms with Gasteiger partial charge in [0.15, 0.2) is 0 Å². The number of hydrogen-bond donors (Lipinski definition) is 1. The minimum atomic E-state index is 0.226. The van der Waals surface area contributed by atoms with Crippen molar-refractivity contribution < 1.29 is 0 Å². The zero-order valence-corrected chi connectivity index (χ0v) is 9.16. The van der Waals surface area contributed by atoms with Gasteiger partial charge in [-0.1, -0.05) is 12.1 Å². The maximum absolute atomic E-state index is 3.58. The molecule has 0 radical (unpaired) electrons. The van der Waals surface area contributed by atoms with Crippen LogP contribution in [-0.4, -0.2) is 11.3 Å². The number of aryl methyl sites for hydroxylation is 1. The maximum Gasteiger partial charge on any atom is 0.0512 e. The van der Waals surface area contributed by atoms with Gasteiger partial charge >= 0.3 is 0 Å². The molecule has 70 valence electrons. The summed E-state index contributed by atoms with van der Waals surface area (Å²) in [5, 5.41) is 3.58. The predicted octanol–water partition coefficient (Wildman–Crippen LogP) is 3.29. The van der Waals surface area contributed by atoms with E-state index in [4.69, 9.17) is 0 Å². The van der Waals surface area contributed by atoms with Gasteiger partial charge < -0.3 is 5.32 Å². The van der Waals surface area contributed by atoms with Crippen LogP contribution in [0.3, 0.4) is 0 Å². The van der Waals surface area contributed by atoms with Gasteiger partial charge in [-0.05, 0) is 32.4 Å². The minimum absolute atomic E-state index is 0.226. The number of nitrogens with one attached hydrogen (secondary N) is 1. The summed E-state index contributed by atoms with van der Waals surface area (Å²) in [6.07, 6.45) is 0. The summed E-state index contributed by atoms with van der Waals surface area (Å²) in [6.45, 7) is 6.65. The van der Waals surface area contributed by atoms with Crippen molar-refractivity contribution in [2.24, 2.45) is 0 Å². The van der Waals surface area contributed by atoms with Gasteiger partial charge in [-0.25, -0.2) is 0 Å². The second-order valence-electron chi connectivity index (χ2n) is 4.25. The highest BCUT2D eigenvalue weighted by Crippen LogP contribution is 2.38. The molecule has 2 rings (SSSR count). The monoisotopic (exact) mass is 193 g/mol. The van der Waals surface area contributed by atoms with E-state index in [2.05, 4.69) is 44.3 Å². The first-order valence-electron chi connectivity index (χ1n) is 4.59. The average Bonchev–Trinajstić information content (AvgIpc) is 2.06. The van der Waals surface area contributed by atoms with E-state index in [-0.39, 0.29) is 5.54 Å². The standard InChI is InChI=1S/C11H15NS/c1-8-5-4-6-9-10(8)12-11(2,3)7-13-9/h4-6,12H,7H2,1-3H3. The number of hydrogen-bond acceptors (Lipinski definition) is 2. The van der Waals surface area contributed by atoms with Crippen molar-refractivity contribution in [2.45, 2.75) is 31.2 Å². The van der Waals surface area contributed by atoms with Gasteiger partial charge in [-0.2, -0.15) is 0 Å². The number of para-hydroxylation sites is 1. The van der Waals surface area contributed by atoms with Crippen LogP contribution in [-0.2, 0) is 0 Å². The summed E-state index contributed by atoms with van der Waals surface area (Å²) in [7, 11) is 0. The number of rotatable bonds is 0. The van der Waals surface area contributed by atoms with Crippen molar-refractivity contribution >= 4 is 17.4 Å². The first-order valence-corrected chi connectivity index (χ1v) is 5.58. The number of benzene rings is 1. The molecule has 0 saturated carbocycles. The summed E-state index contributed by atoms with van der Waals surface area (Å²) in [5.41, 5.74) is 2.89. The Morgan fingerprint density at radius 2 is 2.15 bits per heavy atom. The Morgan fingerprint density at radius 1 is 1.38 bits per heavy atom. The van der Waals surface area contributed by atoms with Gasteiger partial charge in [0.1, 0.15) is 0 Å². The van der Waals surface area contributed by atoms with Crippen LogP contribution in [0.1, 0.15) is 19.4 Å². The first kappa shape index (κ1) is 8.95. The fraction of sp³-hybridized carbons (Fsp3) is 0.455. The Kier molecular flexibility index (Phi) is 2.03. The topological polar surface area (TPSA) is 12.0 Å². The van der Waals surface area contributed by atoms with Crippen molar-refractivity contribution in [1.82, 2.24) is 0 Å². The molecule has 0 aromatic heterocycles. The second kappa shape index (κ2) is 2.95. The highest BCUT2D eigenvalue weighted by atomic mass is 32.2. The van der Waals surface area contributed by atoms with Crippen molar-refractivity contribution in [3.8, 4) is 0 Å². The van der Waals surface area contributed by atoms with Gasteiger partial charge in [0.25, 0.3) is 0 Å². The zero-order chi connectivity index (χ0) is 9.47. The Bertz CT molecular complexity index is 331. The SMILES string of the molecule is Cc1cccc2c1NC(C)(C)CS2. The molecule has 1 N–H and O–H groups in total. The fourth-order valence-corrected chi connectivity index (χ4v) is 2.67. The largest absolute Gasteiger partial charge is 0.378 e. The lowest BCUT2D eigenvalue weighted by molar-refractivity contribution is 0.636. The Hall–Kier alpha value is -0.630. The van der Waals surface area contributed by atoms with Crippen molar-refractivity contribution in [2.75, 3.05) is 11.1 Å². The highest BCUT2D eigenvalue weighted by molar-refractivity contribution is 7.99. The van der Waals surface area contributed by atoms with E-state index in [1.165, 1.54) is 16.1 Å². The van der Waals surface area contributed by atoms with Gasteiger partial charge in [0, 0.05) is 16.2 Å². The molecular formula is C11H15NS. The van der Waals surface area contributed by atoms with E-state index in [9.17, 15) is 0 Å². The fourth-order valence-electron chi connectivity index (χ4n) is 1.55. The molecule has 1 nitrogen and oxygen atoms in total. The molecule has 0 amide bonds. The zero-order valence-electron chi connectivity index (χ0n) is 8.35. The molecule has 13 heavy (non-hydrogen) atoms. The molecule has 1 aromatic rings. The molecule has 0 fully saturated rings. The van der Waals surface area contributed by atoms with Crippen LogP contribution in [0.5, 0.6) is 0 Å². The van der Waals surface area contributed by atoms with E-state index in [0.29, 0.717) is 0 Å². The third-order valence-corrected chi connectivity index (χ3v) is 3.80. The third kappa shape index (κ3) is 1.68. The second-order valence-corrected chi connectivity index (χ2v) is 5.26. The van der Waals surface area contributed by atoms with E-state index in [1.54, 1.807) is 0 Å². The van der Waals surface area contributed by atoms with Crippen LogP contribution in [0.25, 0.3) is 0 Å². The number of thioether (sulfide) groups is 1. The lowest BCUT2D eigenvalue weighted by Crippen LogP contribution is -2.36. The van der Waals surface area contributed by atoms with Crippen LogP contribution in [0.4, 0.5) is 5.69 Å². The molecule has 1 aliphatic rings. The summed E-state index contributed by atoms with van der Waals surface area (Å²) in [5.74, 6) is 1.14. The van der Waals surface area contributed by atoms with E-state index >= 15 is 0 Å². The molecule has 0 spiro atoms. The Balaban J connectivity index is 2.44. The molecular weight excluding hydrogens is 178 g/mol. The van der Waals surface area contributed by atoms with Crippen molar-refractivity contribution in [3.63, 3.8) is 0 Å². The minimum Gasteiger partial charge on any atom is -0.378 e. The lowest BCUT2D eigenvalue weighted by Gasteiger charge is -2.34. The molecule has 2 heteroatoms. The summed E-state index contributed by atoms with van der Waals surface area (Å²) in [4.78, 5) is 1.39. The molecule has 0 unspecified atom stereocenters. The third-order valence-electron chi connectivity index (χ3n) is 2.29.